The second kappa shape index (κ2) is 4.74. The van der Waals surface area contributed by atoms with Crippen LogP contribution in [0.2, 0.25) is 0 Å². The van der Waals surface area contributed by atoms with E-state index in [0.717, 1.165) is 23.5 Å². The summed E-state index contributed by atoms with van der Waals surface area (Å²) in [4.78, 5) is 8.08. The third kappa shape index (κ3) is 2.49. The number of aromatic nitrogens is 2. The molecular formula is C14H14N2O2. The maximum absolute atomic E-state index is 5.82. The highest BCUT2D eigenvalue weighted by molar-refractivity contribution is 5.69. The molecule has 1 aliphatic heterocycles. The fourth-order valence-corrected chi connectivity index (χ4v) is 1.77. The highest BCUT2D eigenvalue weighted by Gasteiger charge is 2.23. The van der Waals surface area contributed by atoms with E-state index < -0.39 is 0 Å². The van der Waals surface area contributed by atoms with Gasteiger partial charge in [-0.2, -0.15) is 0 Å². The Labute approximate surface area is 106 Å². The third-order valence-electron chi connectivity index (χ3n) is 2.84. The number of rotatable bonds is 4. The molecule has 1 aromatic carbocycles. The van der Waals surface area contributed by atoms with Gasteiger partial charge >= 0.3 is 0 Å². The lowest BCUT2D eigenvalue weighted by Gasteiger charge is -2.11. The van der Waals surface area contributed by atoms with E-state index in [1.54, 1.807) is 12.4 Å². The van der Waals surface area contributed by atoms with Crippen LogP contribution in [0.5, 0.6) is 5.75 Å². The molecule has 1 aromatic heterocycles. The van der Waals surface area contributed by atoms with Crippen molar-refractivity contribution in [3.05, 3.63) is 42.5 Å². The van der Waals surface area contributed by atoms with Gasteiger partial charge < -0.3 is 9.47 Å². The van der Waals surface area contributed by atoms with E-state index in [4.69, 9.17) is 9.47 Å². The SMILES string of the molecule is Cc1ccc(-c2cncnc2)c(OC[C@@H]2CO2)c1. The summed E-state index contributed by atoms with van der Waals surface area (Å²) in [5, 5.41) is 0. The maximum atomic E-state index is 5.82. The average Bonchev–Trinajstić information content (AvgIpc) is 3.21. The molecule has 92 valence electrons. The van der Waals surface area contributed by atoms with Crippen LogP contribution < -0.4 is 4.74 Å². The van der Waals surface area contributed by atoms with Crippen molar-refractivity contribution in [2.24, 2.45) is 0 Å². The molecule has 0 amide bonds. The average molecular weight is 242 g/mol. The first-order chi connectivity index (χ1) is 8.83. The van der Waals surface area contributed by atoms with Gasteiger partial charge in [0.15, 0.2) is 0 Å². The molecule has 2 aromatic rings. The van der Waals surface area contributed by atoms with Crippen molar-refractivity contribution < 1.29 is 9.47 Å². The number of hydrogen-bond acceptors (Lipinski definition) is 4. The number of hydrogen-bond donors (Lipinski definition) is 0. The van der Waals surface area contributed by atoms with Crippen LogP contribution in [0.15, 0.2) is 36.9 Å². The summed E-state index contributed by atoms with van der Waals surface area (Å²) in [6.07, 6.45) is 5.36. The summed E-state index contributed by atoms with van der Waals surface area (Å²) in [6.45, 7) is 3.45. The minimum atomic E-state index is 0.255. The molecule has 0 spiro atoms. The van der Waals surface area contributed by atoms with Crippen LogP contribution in [-0.4, -0.2) is 29.3 Å². The fourth-order valence-electron chi connectivity index (χ4n) is 1.77. The first-order valence-electron chi connectivity index (χ1n) is 5.93. The van der Waals surface area contributed by atoms with Crippen LogP contribution in [0, 0.1) is 6.92 Å². The molecule has 4 heteroatoms. The Balaban J connectivity index is 1.91. The molecule has 1 saturated heterocycles. The topological polar surface area (TPSA) is 47.5 Å². The zero-order chi connectivity index (χ0) is 12.4. The van der Waals surface area contributed by atoms with Gasteiger partial charge in [-0.1, -0.05) is 12.1 Å². The van der Waals surface area contributed by atoms with Crippen LogP contribution in [0.3, 0.4) is 0 Å². The molecule has 3 rings (SSSR count). The molecule has 0 N–H and O–H groups in total. The van der Waals surface area contributed by atoms with E-state index in [-0.39, 0.29) is 6.10 Å². The molecule has 4 nitrogen and oxygen atoms in total. The lowest BCUT2D eigenvalue weighted by atomic mass is 10.1. The molecule has 0 saturated carbocycles. The van der Waals surface area contributed by atoms with Crippen molar-refractivity contribution in [3.8, 4) is 16.9 Å². The van der Waals surface area contributed by atoms with Gasteiger partial charge in [-0.25, -0.2) is 9.97 Å². The summed E-state index contributed by atoms with van der Waals surface area (Å²) in [5.41, 5.74) is 3.15. The van der Waals surface area contributed by atoms with E-state index in [2.05, 4.69) is 16.0 Å². The standard InChI is InChI=1S/C14H14N2O2/c1-10-2-3-13(11-5-15-9-16-6-11)14(4-10)18-8-12-7-17-12/h2-6,9,12H,7-8H2,1H3/t12-/m0/s1. The minimum absolute atomic E-state index is 0.255. The summed E-state index contributed by atoms with van der Waals surface area (Å²) in [7, 11) is 0. The molecule has 18 heavy (non-hydrogen) atoms. The molecule has 2 heterocycles. The highest BCUT2D eigenvalue weighted by Crippen LogP contribution is 2.30. The second-order valence-electron chi connectivity index (χ2n) is 4.39. The zero-order valence-electron chi connectivity index (χ0n) is 10.2. The van der Waals surface area contributed by atoms with Crippen LogP contribution in [0.1, 0.15) is 5.56 Å². The first kappa shape index (κ1) is 11.2. The number of epoxide rings is 1. The monoisotopic (exact) mass is 242 g/mol. The summed E-state index contributed by atoms with van der Waals surface area (Å²) < 4.78 is 11.0. The van der Waals surface area contributed by atoms with Crippen molar-refractivity contribution in [2.45, 2.75) is 13.0 Å². The summed E-state index contributed by atoms with van der Waals surface area (Å²) in [6, 6.07) is 6.13. The molecule has 1 fully saturated rings. The number of benzene rings is 1. The van der Waals surface area contributed by atoms with Gasteiger partial charge in [0.1, 0.15) is 24.8 Å². The van der Waals surface area contributed by atoms with E-state index in [1.165, 1.54) is 11.9 Å². The largest absolute Gasteiger partial charge is 0.490 e. The Morgan fingerprint density at radius 3 is 2.83 bits per heavy atom. The van der Waals surface area contributed by atoms with Crippen LogP contribution in [0.25, 0.3) is 11.1 Å². The van der Waals surface area contributed by atoms with Gasteiger partial charge in [-0.05, 0) is 18.6 Å². The predicted octanol–water partition coefficient (Wildman–Crippen LogP) is 2.23. The predicted molar refractivity (Wildman–Crippen MR) is 67.4 cm³/mol. The Bertz CT molecular complexity index is 539. The van der Waals surface area contributed by atoms with Gasteiger partial charge in [0.25, 0.3) is 0 Å². The quantitative estimate of drug-likeness (QED) is 0.771. The molecular weight excluding hydrogens is 228 g/mol. The van der Waals surface area contributed by atoms with Gasteiger partial charge in [-0.15, -0.1) is 0 Å². The smallest absolute Gasteiger partial charge is 0.127 e. The molecule has 1 atom stereocenters. The molecule has 0 radical (unpaired) electrons. The number of aryl methyl sites for hydroxylation is 1. The van der Waals surface area contributed by atoms with Crippen molar-refractivity contribution in [2.75, 3.05) is 13.2 Å². The van der Waals surface area contributed by atoms with E-state index in [1.807, 2.05) is 19.1 Å². The Morgan fingerprint density at radius 2 is 2.11 bits per heavy atom. The molecule has 0 aliphatic carbocycles. The fraction of sp³-hybridized carbons (Fsp3) is 0.286. The normalized spacial score (nSPS) is 17.5. The van der Waals surface area contributed by atoms with Crippen LogP contribution in [-0.2, 0) is 4.74 Å². The molecule has 0 bridgehead atoms. The van der Waals surface area contributed by atoms with Crippen molar-refractivity contribution in [1.82, 2.24) is 9.97 Å². The number of nitrogens with zero attached hydrogens (tertiary/aromatic N) is 2. The first-order valence-corrected chi connectivity index (χ1v) is 5.93. The van der Waals surface area contributed by atoms with Crippen molar-refractivity contribution >= 4 is 0 Å². The minimum Gasteiger partial charge on any atom is -0.490 e. The van der Waals surface area contributed by atoms with Crippen LogP contribution >= 0.6 is 0 Å². The van der Waals surface area contributed by atoms with Gasteiger partial charge in [0, 0.05) is 23.5 Å². The molecule has 0 unspecified atom stereocenters. The van der Waals surface area contributed by atoms with E-state index in [9.17, 15) is 0 Å². The maximum Gasteiger partial charge on any atom is 0.127 e. The van der Waals surface area contributed by atoms with Crippen molar-refractivity contribution in [1.29, 1.82) is 0 Å². The van der Waals surface area contributed by atoms with Gasteiger partial charge in [-0.3, -0.25) is 0 Å². The lowest BCUT2D eigenvalue weighted by molar-refractivity contribution is 0.264. The lowest BCUT2D eigenvalue weighted by Crippen LogP contribution is -2.05. The summed E-state index contributed by atoms with van der Waals surface area (Å²) in [5.74, 6) is 0.861. The second-order valence-corrected chi connectivity index (χ2v) is 4.39. The van der Waals surface area contributed by atoms with E-state index >= 15 is 0 Å². The summed E-state index contributed by atoms with van der Waals surface area (Å²) >= 11 is 0. The Hall–Kier alpha value is -1.94. The zero-order valence-corrected chi connectivity index (χ0v) is 10.2. The highest BCUT2D eigenvalue weighted by atomic mass is 16.6. The van der Waals surface area contributed by atoms with Gasteiger partial charge in [0.2, 0.25) is 0 Å². The third-order valence-corrected chi connectivity index (χ3v) is 2.84. The Morgan fingerprint density at radius 1 is 1.33 bits per heavy atom. The van der Waals surface area contributed by atoms with Crippen molar-refractivity contribution in [3.63, 3.8) is 0 Å². The van der Waals surface area contributed by atoms with Gasteiger partial charge in [0.05, 0.1) is 6.61 Å². The molecule has 1 aliphatic rings. The Kier molecular flexibility index (Phi) is 2.94. The van der Waals surface area contributed by atoms with E-state index in [0.29, 0.717) is 6.61 Å². The number of ether oxygens (including phenoxy) is 2. The van der Waals surface area contributed by atoms with Crippen LogP contribution in [0.4, 0.5) is 0 Å².